The summed E-state index contributed by atoms with van der Waals surface area (Å²) in [6.45, 7) is 3.93. The maximum Gasteiger partial charge on any atom is 0.0520 e. The Hall–Kier alpha value is -5.12. The maximum atomic E-state index is 5.83. The van der Waals surface area contributed by atoms with Gasteiger partial charge >= 0.3 is 0 Å². The molecule has 0 aliphatic heterocycles. The molecule has 0 aliphatic carbocycles. The number of benzene rings is 5. The van der Waals surface area contributed by atoms with Crippen molar-refractivity contribution in [1.82, 2.24) is 5.43 Å². The second kappa shape index (κ2) is 16.7. The van der Waals surface area contributed by atoms with Crippen molar-refractivity contribution in [2.75, 3.05) is 5.32 Å². The summed E-state index contributed by atoms with van der Waals surface area (Å²) in [5.41, 5.74) is 12.1. The second-order valence-corrected chi connectivity index (χ2v) is 11.2. The molecule has 0 unspecified atom stereocenters. The normalized spacial score (nSPS) is 12.0. The Balaban J connectivity index is 1.06. The topological polar surface area (TPSA) is 50.1 Å². The van der Waals surface area contributed by atoms with E-state index in [9.17, 15) is 0 Å². The van der Waals surface area contributed by atoms with E-state index in [4.69, 9.17) is 5.84 Å². The molecule has 226 valence electrons. The number of aryl methyl sites for hydroxylation is 1. The Bertz CT molecular complexity index is 1740. The minimum Gasteiger partial charge on any atom is -0.355 e. The molecule has 0 aliphatic rings. The predicted octanol–water partition coefficient (Wildman–Crippen LogP) is 10.6. The number of allylic oxidation sites excluding steroid dienone is 6. The highest BCUT2D eigenvalue weighted by molar-refractivity contribution is 5.95. The van der Waals surface area contributed by atoms with Gasteiger partial charge in [-0.3, -0.25) is 5.84 Å². The van der Waals surface area contributed by atoms with Gasteiger partial charge in [0.05, 0.1) is 5.70 Å². The summed E-state index contributed by atoms with van der Waals surface area (Å²) in [5, 5.41) is 6.04. The van der Waals surface area contributed by atoms with Gasteiger partial charge in [-0.25, -0.2) is 0 Å². The fourth-order valence-electron chi connectivity index (χ4n) is 5.53. The van der Waals surface area contributed by atoms with E-state index in [2.05, 4.69) is 157 Å². The van der Waals surface area contributed by atoms with Crippen LogP contribution < -0.4 is 16.6 Å². The highest BCUT2D eigenvalue weighted by atomic mass is 15.2. The standard InChI is InChI=1S/C42H43N3/c1-2-14-35(36-28-30-39(31-29-36)44-42-22-13-20-37-19-11-12-21-40(37)42)18-10-5-3-4-7-17-34-23-26-38(27-24-34)41(45-43)32-25-33-15-8-6-9-16-33/h2,6,8-16,18-24,26-32,44-45H,1,3-5,7,17,25,43H2/b18-10-,35-14+,41-32-. The molecular weight excluding hydrogens is 546 g/mol. The second-order valence-electron chi connectivity index (χ2n) is 11.2. The molecule has 45 heavy (non-hydrogen) atoms. The number of hydrogen-bond donors (Lipinski definition) is 3. The van der Waals surface area contributed by atoms with E-state index in [-0.39, 0.29) is 0 Å². The molecule has 0 atom stereocenters. The number of hydrogen-bond acceptors (Lipinski definition) is 3. The lowest BCUT2D eigenvalue weighted by Crippen LogP contribution is -2.20. The molecule has 3 nitrogen and oxygen atoms in total. The lowest BCUT2D eigenvalue weighted by Gasteiger charge is -2.11. The highest BCUT2D eigenvalue weighted by Crippen LogP contribution is 2.27. The monoisotopic (exact) mass is 589 g/mol. The molecule has 0 heterocycles. The molecule has 0 aromatic heterocycles. The summed E-state index contributed by atoms with van der Waals surface area (Å²) in [5.74, 6) is 5.83. The van der Waals surface area contributed by atoms with Gasteiger partial charge < -0.3 is 10.7 Å². The Labute approximate surface area is 268 Å². The third-order valence-corrected chi connectivity index (χ3v) is 8.02. The molecule has 4 N–H and O–H groups in total. The van der Waals surface area contributed by atoms with Crippen LogP contribution in [0, 0.1) is 0 Å². The first-order valence-electron chi connectivity index (χ1n) is 15.9. The van der Waals surface area contributed by atoms with Gasteiger partial charge in [-0.2, -0.15) is 0 Å². The fourth-order valence-corrected chi connectivity index (χ4v) is 5.53. The minimum atomic E-state index is 0.845. The van der Waals surface area contributed by atoms with Gasteiger partial charge in [0.25, 0.3) is 0 Å². The first-order chi connectivity index (χ1) is 22.2. The number of hydrazine groups is 1. The van der Waals surface area contributed by atoms with Gasteiger partial charge in [0.2, 0.25) is 0 Å². The van der Waals surface area contributed by atoms with Crippen LogP contribution in [0.2, 0.25) is 0 Å². The van der Waals surface area contributed by atoms with Crippen LogP contribution in [0.25, 0.3) is 22.0 Å². The van der Waals surface area contributed by atoms with Crippen molar-refractivity contribution >= 4 is 33.4 Å². The molecule has 3 heteroatoms. The van der Waals surface area contributed by atoms with E-state index in [1.54, 1.807) is 0 Å². The lowest BCUT2D eigenvalue weighted by molar-refractivity contribution is 0.687. The van der Waals surface area contributed by atoms with E-state index >= 15 is 0 Å². The Morgan fingerprint density at radius 1 is 0.689 bits per heavy atom. The number of nitrogens with one attached hydrogen (secondary N) is 2. The maximum absolute atomic E-state index is 5.83. The average Bonchev–Trinajstić information content (AvgIpc) is 3.09. The van der Waals surface area contributed by atoms with Gasteiger partial charge in [-0.05, 0) is 83.5 Å². The summed E-state index contributed by atoms with van der Waals surface area (Å²) in [4.78, 5) is 0. The van der Waals surface area contributed by atoms with Crippen LogP contribution in [-0.2, 0) is 12.8 Å². The Kier molecular flexibility index (Phi) is 11.6. The molecule has 5 rings (SSSR count). The van der Waals surface area contributed by atoms with Crippen LogP contribution in [0.15, 0.2) is 158 Å². The number of anilines is 2. The SMILES string of the molecule is C=C/C=C(\C=C/CCCCCc1ccc(/C(=C/Cc2ccccc2)NN)cc1)c1ccc(Nc2cccc3ccccc23)cc1. The van der Waals surface area contributed by atoms with Crippen molar-refractivity contribution < 1.29 is 0 Å². The fraction of sp³-hybridized carbons (Fsp3) is 0.143. The van der Waals surface area contributed by atoms with Crippen molar-refractivity contribution in [3.05, 3.63) is 181 Å². The first kappa shape index (κ1) is 31.3. The summed E-state index contributed by atoms with van der Waals surface area (Å²) < 4.78 is 0. The molecule has 5 aromatic carbocycles. The van der Waals surface area contributed by atoms with Crippen molar-refractivity contribution in [3.8, 4) is 0 Å². The third kappa shape index (κ3) is 9.18. The largest absolute Gasteiger partial charge is 0.355 e. The van der Waals surface area contributed by atoms with Crippen molar-refractivity contribution in [2.45, 2.75) is 38.5 Å². The zero-order chi connectivity index (χ0) is 31.1. The van der Waals surface area contributed by atoms with Crippen LogP contribution in [0.3, 0.4) is 0 Å². The van der Waals surface area contributed by atoms with Crippen LogP contribution in [0.4, 0.5) is 11.4 Å². The van der Waals surface area contributed by atoms with Gasteiger partial charge in [-0.15, -0.1) is 0 Å². The minimum absolute atomic E-state index is 0.845. The zero-order valence-electron chi connectivity index (χ0n) is 26.0. The van der Waals surface area contributed by atoms with E-state index in [1.165, 1.54) is 52.3 Å². The van der Waals surface area contributed by atoms with Crippen molar-refractivity contribution in [1.29, 1.82) is 0 Å². The van der Waals surface area contributed by atoms with Gasteiger partial charge in [0.15, 0.2) is 0 Å². The van der Waals surface area contributed by atoms with Crippen molar-refractivity contribution in [2.24, 2.45) is 5.84 Å². The van der Waals surface area contributed by atoms with Gasteiger partial charge in [0, 0.05) is 16.8 Å². The average molecular weight is 590 g/mol. The number of fused-ring (bicyclic) bond motifs is 1. The molecule has 0 radical (unpaired) electrons. The molecule has 0 saturated heterocycles. The van der Waals surface area contributed by atoms with E-state index in [1.807, 2.05) is 12.1 Å². The van der Waals surface area contributed by atoms with Crippen LogP contribution in [0.1, 0.15) is 47.9 Å². The van der Waals surface area contributed by atoms with Crippen LogP contribution in [0.5, 0.6) is 0 Å². The summed E-state index contributed by atoms with van der Waals surface area (Å²) in [6.07, 6.45) is 17.1. The molecule has 0 bridgehead atoms. The number of rotatable bonds is 15. The number of nitrogens with two attached hydrogens (primary N) is 1. The van der Waals surface area contributed by atoms with Crippen LogP contribution in [-0.4, -0.2) is 0 Å². The van der Waals surface area contributed by atoms with Crippen molar-refractivity contribution in [3.63, 3.8) is 0 Å². The third-order valence-electron chi connectivity index (χ3n) is 8.02. The Morgan fingerprint density at radius 3 is 2.20 bits per heavy atom. The predicted molar refractivity (Wildman–Crippen MR) is 195 cm³/mol. The Morgan fingerprint density at radius 2 is 1.42 bits per heavy atom. The van der Waals surface area contributed by atoms with Crippen LogP contribution >= 0.6 is 0 Å². The molecule has 0 amide bonds. The lowest BCUT2D eigenvalue weighted by atomic mass is 10.0. The zero-order valence-corrected chi connectivity index (χ0v) is 26.0. The number of unbranched alkanes of at least 4 members (excludes halogenated alkanes) is 3. The summed E-state index contributed by atoms with van der Waals surface area (Å²) in [6, 6.07) is 42.6. The molecule has 0 spiro atoms. The summed E-state index contributed by atoms with van der Waals surface area (Å²) in [7, 11) is 0. The molecule has 0 saturated carbocycles. The molecule has 0 fully saturated rings. The van der Waals surface area contributed by atoms with E-state index in [0.29, 0.717) is 0 Å². The smallest absolute Gasteiger partial charge is 0.0520 e. The quantitative estimate of drug-likeness (QED) is 0.0493. The molecular formula is C42H43N3. The first-order valence-corrected chi connectivity index (χ1v) is 15.9. The van der Waals surface area contributed by atoms with Gasteiger partial charge in [-0.1, -0.05) is 147 Å². The summed E-state index contributed by atoms with van der Waals surface area (Å²) >= 11 is 0. The van der Waals surface area contributed by atoms with E-state index < -0.39 is 0 Å². The molecule has 5 aromatic rings. The highest BCUT2D eigenvalue weighted by Gasteiger charge is 2.04. The van der Waals surface area contributed by atoms with E-state index in [0.717, 1.165) is 41.9 Å². The van der Waals surface area contributed by atoms with Gasteiger partial charge in [0.1, 0.15) is 0 Å².